The largest absolute Gasteiger partial charge is 1.00 e. The van der Waals surface area contributed by atoms with Crippen LogP contribution in [0.25, 0.3) is 0 Å². The van der Waals surface area contributed by atoms with Crippen LogP contribution >= 0.6 is 0 Å². The van der Waals surface area contributed by atoms with E-state index in [0.717, 1.165) is 19.3 Å². The van der Waals surface area contributed by atoms with Gasteiger partial charge in [0.15, 0.2) is 0 Å². The van der Waals surface area contributed by atoms with Crippen molar-refractivity contribution in [2.75, 3.05) is 19.5 Å². The molecule has 0 aromatic heterocycles. The molecule has 1 heterocycles. The fourth-order valence-corrected chi connectivity index (χ4v) is 1.95. The fraction of sp³-hybridized carbons (Fsp3) is 1.00. The van der Waals surface area contributed by atoms with Gasteiger partial charge < -0.3 is 17.8 Å². The number of likely N-dealkylation sites (tertiary alicyclic amines) is 1. The van der Waals surface area contributed by atoms with Gasteiger partial charge >= 0.3 is 58.4 Å². The van der Waals surface area contributed by atoms with Gasteiger partial charge in [0.25, 0.3) is 0 Å². The normalized spacial score (nSPS) is 23.0. The van der Waals surface area contributed by atoms with Gasteiger partial charge in [-0.2, -0.15) is 0 Å². The van der Waals surface area contributed by atoms with Gasteiger partial charge in [-0.25, -0.2) is 0 Å². The molecule has 1 saturated heterocycles. The van der Waals surface area contributed by atoms with Crippen LogP contribution in [0.2, 0.25) is 0 Å². The predicted molar refractivity (Wildman–Crippen MR) is 53.2 cm³/mol. The van der Waals surface area contributed by atoms with E-state index in [1.165, 1.54) is 0 Å². The summed E-state index contributed by atoms with van der Waals surface area (Å²) in [5, 5.41) is 0. The third-order valence-corrected chi connectivity index (χ3v) is 2.90. The molecule has 1 aliphatic heterocycles. The Morgan fingerprint density at radius 3 is 2.27 bits per heavy atom. The van der Waals surface area contributed by atoms with Crippen LogP contribution in [0.1, 0.15) is 33.1 Å². The molecule has 1 rings (SSSR count). The van der Waals surface area contributed by atoms with Crippen LogP contribution in [0, 0.1) is 5.41 Å². The van der Waals surface area contributed by atoms with Crippen molar-refractivity contribution < 1.29 is 64.3 Å². The van der Waals surface area contributed by atoms with Gasteiger partial charge in [-0.1, -0.05) is 13.8 Å². The van der Waals surface area contributed by atoms with E-state index in [0.29, 0.717) is 13.1 Å². The Morgan fingerprint density at radius 2 is 1.73 bits per heavy atom. The van der Waals surface area contributed by atoms with Crippen molar-refractivity contribution in [3.63, 3.8) is 0 Å². The third-order valence-electron chi connectivity index (χ3n) is 2.90. The SMILES string of the molecule is CC1(C)CCCN(C[B-](F)(F)F)CC1.[K+]. The average Bonchev–Trinajstić information content (AvgIpc) is 2.10. The molecule has 0 saturated carbocycles. The molecule has 15 heavy (non-hydrogen) atoms. The first-order valence-electron chi connectivity index (χ1n) is 5.22. The Hall–Kier alpha value is 1.45. The molecule has 1 fully saturated rings. The summed E-state index contributed by atoms with van der Waals surface area (Å²) >= 11 is 0. The number of hydrogen-bond donors (Lipinski definition) is 0. The molecule has 1 aliphatic rings. The second kappa shape index (κ2) is 6.40. The Kier molecular flexibility index (Phi) is 7.02. The quantitative estimate of drug-likeness (QED) is 0.615. The molecule has 0 radical (unpaired) electrons. The molecule has 0 aliphatic carbocycles. The zero-order valence-corrected chi connectivity index (χ0v) is 13.0. The first-order valence-corrected chi connectivity index (χ1v) is 5.22. The molecular weight excluding hydrogens is 229 g/mol. The second-order valence-corrected chi connectivity index (χ2v) is 5.03. The average molecular weight is 247 g/mol. The van der Waals surface area contributed by atoms with Gasteiger partial charge in [-0.3, -0.25) is 0 Å². The van der Waals surface area contributed by atoms with E-state index < -0.39 is 13.4 Å². The molecule has 0 N–H and O–H groups in total. The minimum atomic E-state index is -4.65. The standard InChI is InChI=1S/C9H18BF3N.K/c1-9(2)4-3-6-14(7-5-9)8-10(11,12)13;/h3-8H2,1-2H3;/q-1;+1. The van der Waals surface area contributed by atoms with E-state index in [9.17, 15) is 12.9 Å². The molecule has 84 valence electrons. The molecule has 0 aromatic rings. The van der Waals surface area contributed by atoms with Crippen LogP contribution in [0.3, 0.4) is 0 Å². The summed E-state index contributed by atoms with van der Waals surface area (Å²) in [5.41, 5.74) is 0.216. The van der Waals surface area contributed by atoms with Gasteiger partial charge in [-0.05, 0) is 44.2 Å². The van der Waals surface area contributed by atoms with Crippen molar-refractivity contribution in [3.05, 3.63) is 0 Å². The maximum Gasteiger partial charge on any atom is 1.00 e. The van der Waals surface area contributed by atoms with Gasteiger partial charge in [-0.15, -0.1) is 0 Å². The minimum absolute atomic E-state index is 0. The number of hydrogen-bond acceptors (Lipinski definition) is 1. The van der Waals surface area contributed by atoms with Crippen molar-refractivity contribution in [2.45, 2.75) is 33.1 Å². The summed E-state index contributed by atoms with van der Waals surface area (Å²) in [6, 6.07) is 0. The van der Waals surface area contributed by atoms with Crippen molar-refractivity contribution in [2.24, 2.45) is 5.41 Å². The Balaban J connectivity index is 0.00000196. The molecule has 0 unspecified atom stereocenters. The van der Waals surface area contributed by atoms with Crippen LogP contribution in [-0.4, -0.2) is 31.4 Å². The molecule has 6 heteroatoms. The Morgan fingerprint density at radius 1 is 1.13 bits per heavy atom. The third kappa shape index (κ3) is 7.39. The van der Waals surface area contributed by atoms with Crippen molar-refractivity contribution >= 4 is 6.98 Å². The van der Waals surface area contributed by atoms with E-state index in [1.54, 1.807) is 4.90 Å². The van der Waals surface area contributed by atoms with Gasteiger partial charge in [0.2, 0.25) is 0 Å². The monoisotopic (exact) mass is 247 g/mol. The summed E-state index contributed by atoms with van der Waals surface area (Å²) < 4.78 is 36.6. The van der Waals surface area contributed by atoms with Crippen LogP contribution in [0.4, 0.5) is 12.9 Å². The smallest absolute Gasteiger partial charge is 0.448 e. The fourth-order valence-electron chi connectivity index (χ4n) is 1.95. The topological polar surface area (TPSA) is 3.24 Å². The van der Waals surface area contributed by atoms with Crippen molar-refractivity contribution in [1.82, 2.24) is 4.90 Å². The van der Waals surface area contributed by atoms with Crippen molar-refractivity contribution in [1.29, 1.82) is 0 Å². The summed E-state index contributed by atoms with van der Waals surface area (Å²) in [4.78, 5) is 1.55. The maximum absolute atomic E-state index is 12.2. The number of rotatable bonds is 2. The Bertz CT molecular complexity index is 196. The summed E-state index contributed by atoms with van der Waals surface area (Å²) in [7, 11) is 0. The first-order chi connectivity index (χ1) is 6.29. The second-order valence-electron chi connectivity index (χ2n) is 5.03. The molecule has 1 nitrogen and oxygen atoms in total. The maximum atomic E-state index is 12.2. The molecule has 0 bridgehead atoms. The van der Waals surface area contributed by atoms with Crippen LogP contribution in [0.15, 0.2) is 0 Å². The zero-order valence-electron chi connectivity index (χ0n) is 9.90. The van der Waals surface area contributed by atoms with Crippen LogP contribution in [0.5, 0.6) is 0 Å². The minimum Gasteiger partial charge on any atom is -0.448 e. The van der Waals surface area contributed by atoms with E-state index in [1.807, 2.05) is 0 Å². The first kappa shape index (κ1) is 16.5. The Labute approximate surface area is 133 Å². The van der Waals surface area contributed by atoms with E-state index >= 15 is 0 Å². The van der Waals surface area contributed by atoms with E-state index in [4.69, 9.17) is 0 Å². The van der Waals surface area contributed by atoms with E-state index in [-0.39, 0.29) is 56.8 Å². The van der Waals surface area contributed by atoms with Gasteiger partial charge in [0.05, 0.1) is 0 Å². The van der Waals surface area contributed by atoms with E-state index in [2.05, 4.69) is 13.8 Å². The molecular formula is C9H18BF3KN. The molecule has 0 spiro atoms. The summed E-state index contributed by atoms with van der Waals surface area (Å²) in [6.07, 6.45) is 2.11. The predicted octanol–water partition coefficient (Wildman–Crippen LogP) is -0.111. The zero-order chi connectivity index (χ0) is 10.8. The summed E-state index contributed by atoms with van der Waals surface area (Å²) in [5.74, 6) is 0. The van der Waals surface area contributed by atoms with Gasteiger partial charge in [0, 0.05) is 0 Å². The van der Waals surface area contributed by atoms with Crippen LogP contribution in [-0.2, 0) is 0 Å². The van der Waals surface area contributed by atoms with Crippen molar-refractivity contribution in [3.8, 4) is 0 Å². The summed E-state index contributed by atoms with van der Waals surface area (Å²) in [6.45, 7) is 0.811. The van der Waals surface area contributed by atoms with Gasteiger partial charge in [0.1, 0.15) is 0 Å². The number of nitrogens with zero attached hydrogens (tertiary/aromatic N) is 1. The molecule has 0 aromatic carbocycles. The number of halogens is 3. The molecule has 0 atom stereocenters. The molecule has 0 amide bonds. The van der Waals surface area contributed by atoms with Crippen LogP contribution < -0.4 is 51.4 Å².